The maximum atomic E-state index is 4.98. The van der Waals surface area contributed by atoms with E-state index in [4.69, 9.17) is 4.98 Å². The number of nitrogens with one attached hydrogen (secondary N) is 1. The molecular weight excluding hydrogens is 276 g/mol. The summed E-state index contributed by atoms with van der Waals surface area (Å²) in [6.45, 7) is 5.50. The fourth-order valence-corrected chi connectivity index (χ4v) is 4.23. The molecule has 1 aliphatic rings. The second-order valence-electron chi connectivity index (χ2n) is 5.92. The maximum absolute atomic E-state index is 4.98. The van der Waals surface area contributed by atoms with Gasteiger partial charge in [-0.3, -0.25) is 0 Å². The first-order valence-electron chi connectivity index (χ1n) is 8.04. The van der Waals surface area contributed by atoms with Crippen molar-refractivity contribution < 1.29 is 0 Å². The van der Waals surface area contributed by atoms with Gasteiger partial charge in [0.15, 0.2) is 0 Å². The van der Waals surface area contributed by atoms with E-state index < -0.39 is 0 Å². The standard InChI is InChI=1S/C18H24N2S/c1-3-11-19-15-9-6-10-16-18(15)20-17(21-16)12-14-8-5-4-7-13(14)2/h4-5,7-8,15,19H,3,6,9-12H2,1-2H3. The quantitative estimate of drug-likeness (QED) is 0.884. The summed E-state index contributed by atoms with van der Waals surface area (Å²) in [6, 6.07) is 9.13. The van der Waals surface area contributed by atoms with Crippen LogP contribution in [0.4, 0.5) is 0 Å². The lowest BCUT2D eigenvalue weighted by Gasteiger charge is -2.22. The second kappa shape index (κ2) is 6.71. The first kappa shape index (κ1) is 14.7. The molecule has 3 rings (SSSR count). The molecule has 0 spiro atoms. The van der Waals surface area contributed by atoms with Crippen LogP contribution >= 0.6 is 11.3 Å². The normalized spacial score (nSPS) is 17.7. The molecule has 0 saturated carbocycles. The van der Waals surface area contributed by atoms with Crippen molar-refractivity contribution in [2.75, 3.05) is 6.54 Å². The van der Waals surface area contributed by atoms with Crippen LogP contribution in [0.5, 0.6) is 0 Å². The van der Waals surface area contributed by atoms with Gasteiger partial charge in [0.25, 0.3) is 0 Å². The van der Waals surface area contributed by atoms with E-state index in [1.54, 1.807) is 0 Å². The largest absolute Gasteiger partial charge is 0.309 e. The zero-order valence-corrected chi connectivity index (χ0v) is 13.8. The van der Waals surface area contributed by atoms with Gasteiger partial charge in [-0.05, 0) is 50.3 Å². The number of rotatable bonds is 5. The van der Waals surface area contributed by atoms with E-state index in [0.717, 1.165) is 13.0 Å². The summed E-state index contributed by atoms with van der Waals surface area (Å²) < 4.78 is 0. The summed E-state index contributed by atoms with van der Waals surface area (Å²) in [5.74, 6) is 0. The molecule has 1 aromatic heterocycles. The Morgan fingerprint density at radius 2 is 2.19 bits per heavy atom. The lowest BCUT2D eigenvalue weighted by Crippen LogP contribution is -2.25. The van der Waals surface area contributed by atoms with E-state index >= 15 is 0 Å². The zero-order chi connectivity index (χ0) is 14.7. The number of thiazole rings is 1. The van der Waals surface area contributed by atoms with Crippen molar-refractivity contribution >= 4 is 11.3 Å². The van der Waals surface area contributed by atoms with Gasteiger partial charge in [0.2, 0.25) is 0 Å². The predicted molar refractivity (Wildman–Crippen MR) is 90.1 cm³/mol. The number of aryl methyl sites for hydroxylation is 2. The summed E-state index contributed by atoms with van der Waals surface area (Å²) in [7, 11) is 0. The molecule has 3 heteroatoms. The Labute approximate surface area is 131 Å². The number of fused-ring (bicyclic) bond motifs is 1. The first-order valence-corrected chi connectivity index (χ1v) is 8.86. The molecule has 2 nitrogen and oxygen atoms in total. The lowest BCUT2D eigenvalue weighted by molar-refractivity contribution is 0.454. The maximum Gasteiger partial charge on any atom is 0.0975 e. The number of benzene rings is 1. The molecule has 0 aliphatic heterocycles. The van der Waals surface area contributed by atoms with Crippen LogP contribution in [-0.4, -0.2) is 11.5 Å². The van der Waals surface area contributed by atoms with Crippen molar-refractivity contribution in [3.63, 3.8) is 0 Å². The third-order valence-corrected chi connectivity index (χ3v) is 5.37. The Kier molecular flexibility index (Phi) is 4.71. The van der Waals surface area contributed by atoms with Crippen LogP contribution in [0.3, 0.4) is 0 Å². The van der Waals surface area contributed by atoms with Gasteiger partial charge in [-0.1, -0.05) is 31.2 Å². The van der Waals surface area contributed by atoms with E-state index in [9.17, 15) is 0 Å². The fourth-order valence-electron chi connectivity index (χ4n) is 3.03. The van der Waals surface area contributed by atoms with Crippen molar-refractivity contribution in [2.24, 2.45) is 0 Å². The molecule has 112 valence electrons. The van der Waals surface area contributed by atoms with Crippen LogP contribution in [-0.2, 0) is 12.8 Å². The molecule has 1 atom stereocenters. The molecule has 0 amide bonds. The summed E-state index contributed by atoms with van der Waals surface area (Å²) in [5, 5.41) is 4.94. The minimum atomic E-state index is 0.482. The monoisotopic (exact) mass is 300 g/mol. The predicted octanol–water partition coefficient (Wildman–Crippen LogP) is 4.42. The van der Waals surface area contributed by atoms with Gasteiger partial charge in [0, 0.05) is 11.3 Å². The molecule has 0 radical (unpaired) electrons. The topological polar surface area (TPSA) is 24.9 Å². The van der Waals surface area contributed by atoms with Crippen LogP contribution in [0, 0.1) is 6.92 Å². The second-order valence-corrected chi connectivity index (χ2v) is 7.09. The number of hydrogen-bond donors (Lipinski definition) is 1. The number of aromatic nitrogens is 1. The molecule has 0 fully saturated rings. The van der Waals surface area contributed by atoms with E-state index in [1.807, 2.05) is 11.3 Å². The zero-order valence-electron chi connectivity index (χ0n) is 13.0. The van der Waals surface area contributed by atoms with E-state index in [2.05, 4.69) is 43.4 Å². The highest BCUT2D eigenvalue weighted by Crippen LogP contribution is 2.34. The third-order valence-electron chi connectivity index (χ3n) is 4.24. The van der Waals surface area contributed by atoms with Crippen molar-refractivity contribution in [3.8, 4) is 0 Å². The highest BCUT2D eigenvalue weighted by Gasteiger charge is 2.24. The Hall–Kier alpha value is -1.19. The summed E-state index contributed by atoms with van der Waals surface area (Å²) in [4.78, 5) is 6.49. The average molecular weight is 300 g/mol. The number of nitrogens with zero attached hydrogens (tertiary/aromatic N) is 1. The molecule has 21 heavy (non-hydrogen) atoms. The Morgan fingerprint density at radius 1 is 1.33 bits per heavy atom. The van der Waals surface area contributed by atoms with Crippen LogP contribution in [0.2, 0.25) is 0 Å². The van der Waals surface area contributed by atoms with E-state index in [-0.39, 0.29) is 0 Å². The van der Waals surface area contributed by atoms with Gasteiger partial charge in [0.1, 0.15) is 0 Å². The summed E-state index contributed by atoms with van der Waals surface area (Å²) >= 11 is 1.92. The molecule has 1 heterocycles. The molecule has 1 aromatic carbocycles. The van der Waals surface area contributed by atoms with Gasteiger partial charge in [-0.25, -0.2) is 4.98 Å². The highest BCUT2D eigenvalue weighted by atomic mass is 32.1. The molecule has 0 saturated heterocycles. The first-order chi connectivity index (χ1) is 10.3. The van der Waals surface area contributed by atoms with Gasteiger partial charge in [0.05, 0.1) is 16.7 Å². The van der Waals surface area contributed by atoms with E-state index in [1.165, 1.54) is 52.4 Å². The molecule has 0 bridgehead atoms. The van der Waals surface area contributed by atoms with Crippen molar-refractivity contribution in [2.45, 2.75) is 52.0 Å². The Morgan fingerprint density at radius 3 is 3.00 bits per heavy atom. The minimum absolute atomic E-state index is 0.482. The summed E-state index contributed by atoms with van der Waals surface area (Å²) in [5.41, 5.74) is 4.11. The van der Waals surface area contributed by atoms with Crippen molar-refractivity contribution in [1.82, 2.24) is 10.3 Å². The Balaban J connectivity index is 1.80. The summed E-state index contributed by atoms with van der Waals surface area (Å²) in [6.07, 6.45) is 5.91. The van der Waals surface area contributed by atoms with Crippen LogP contribution in [0.25, 0.3) is 0 Å². The molecule has 1 unspecified atom stereocenters. The molecule has 2 aromatic rings. The molecule has 1 aliphatic carbocycles. The fraction of sp³-hybridized carbons (Fsp3) is 0.500. The molecule has 1 N–H and O–H groups in total. The smallest absolute Gasteiger partial charge is 0.0975 e. The third kappa shape index (κ3) is 3.35. The van der Waals surface area contributed by atoms with Gasteiger partial charge in [-0.15, -0.1) is 11.3 Å². The van der Waals surface area contributed by atoms with Crippen molar-refractivity contribution in [1.29, 1.82) is 0 Å². The van der Waals surface area contributed by atoms with Gasteiger partial charge in [-0.2, -0.15) is 0 Å². The van der Waals surface area contributed by atoms with Crippen molar-refractivity contribution in [3.05, 3.63) is 51.0 Å². The van der Waals surface area contributed by atoms with Crippen LogP contribution in [0.1, 0.15) is 58.9 Å². The van der Waals surface area contributed by atoms with E-state index in [0.29, 0.717) is 6.04 Å². The minimum Gasteiger partial charge on any atom is -0.309 e. The van der Waals surface area contributed by atoms with Crippen LogP contribution < -0.4 is 5.32 Å². The molecular formula is C18H24N2S. The number of hydrogen-bond acceptors (Lipinski definition) is 3. The van der Waals surface area contributed by atoms with Crippen LogP contribution in [0.15, 0.2) is 24.3 Å². The SMILES string of the molecule is CCCNC1CCCc2sc(Cc3ccccc3C)nc21. The highest BCUT2D eigenvalue weighted by molar-refractivity contribution is 7.11. The lowest BCUT2D eigenvalue weighted by atomic mass is 9.97. The average Bonchev–Trinajstić information content (AvgIpc) is 2.90. The van der Waals surface area contributed by atoms with Gasteiger partial charge < -0.3 is 5.32 Å². The van der Waals surface area contributed by atoms with Gasteiger partial charge >= 0.3 is 0 Å². The Bertz CT molecular complexity index is 603.